The summed E-state index contributed by atoms with van der Waals surface area (Å²) in [7, 11) is 0. The highest BCUT2D eigenvalue weighted by Crippen LogP contribution is 2.25. The molecule has 0 aromatic heterocycles. The zero-order valence-corrected chi connectivity index (χ0v) is 13.2. The van der Waals surface area contributed by atoms with Crippen molar-refractivity contribution in [2.75, 3.05) is 6.54 Å². The van der Waals surface area contributed by atoms with Gasteiger partial charge in [-0.25, -0.2) is 4.39 Å². The van der Waals surface area contributed by atoms with Crippen LogP contribution in [0.3, 0.4) is 0 Å². The van der Waals surface area contributed by atoms with Gasteiger partial charge in [0, 0.05) is 6.04 Å². The van der Waals surface area contributed by atoms with Crippen molar-refractivity contribution in [2.24, 2.45) is 0 Å². The van der Waals surface area contributed by atoms with Crippen molar-refractivity contribution in [3.05, 3.63) is 69.9 Å². The molecule has 0 spiro atoms. The molecule has 0 fully saturated rings. The summed E-state index contributed by atoms with van der Waals surface area (Å²) in [4.78, 5) is 0. The van der Waals surface area contributed by atoms with Crippen LogP contribution in [-0.2, 0) is 6.42 Å². The molecule has 0 radical (unpaired) electrons. The summed E-state index contributed by atoms with van der Waals surface area (Å²) in [6.45, 7) is 3.03. The lowest BCUT2D eigenvalue weighted by molar-refractivity contribution is 0.513. The first kappa shape index (κ1) is 15.2. The third-order valence-corrected chi connectivity index (χ3v) is 4.27. The number of aryl methyl sites for hydroxylation is 1. The third-order valence-electron chi connectivity index (χ3n) is 3.39. The van der Waals surface area contributed by atoms with E-state index in [9.17, 15) is 4.39 Å². The van der Waals surface area contributed by atoms with Crippen LogP contribution in [0.15, 0.2) is 53.0 Å². The second-order valence-corrected chi connectivity index (χ2v) is 5.57. The van der Waals surface area contributed by atoms with Gasteiger partial charge >= 0.3 is 0 Å². The number of hydrogen-bond donors (Lipinski definition) is 1. The van der Waals surface area contributed by atoms with E-state index < -0.39 is 0 Å². The number of nitrogens with one attached hydrogen (secondary N) is 1. The van der Waals surface area contributed by atoms with Gasteiger partial charge in [0.2, 0.25) is 0 Å². The average Bonchev–Trinajstić information content (AvgIpc) is 2.48. The summed E-state index contributed by atoms with van der Waals surface area (Å²) in [5, 5.41) is 3.49. The average molecular weight is 336 g/mol. The minimum atomic E-state index is -0.192. The van der Waals surface area contributed by atoms with Crippen molar-refractivity contribution in [3.8, 4) is 0 Å². The van der Waals surface area contributed by atoms with Crippen molar-refractivity contribution in [2.45, 2.75) is 25.8 Å². The van der Waals surface area contributed by atoms with Gasteiger partial charge in [-0.2, -0.15) is 0 Å². The van der Waals surface area contributed by atoms with E-state index in [0.29, 0.717) is 10.5 Å². The zero-order chi connectivity index (χ0) is 14.4. The minimum Gasteiger partial charge on any atom is -0.310 e. The normalized spacial score (nSPS) is 12.3. The van der Waals surface area contributed by atoms with Crippen molar-refractivity contribution in [3.63, 3.8) is 0 Å². The molecule has 20 heavy (non-hydrogen) atoms. The minimum absolute atomic E-state index is 0.192. The van der Waals surface area contributed by atoms with Gasteiger partial charge in [0.25, 0.3) is 0 Å². The van der Waals surface area contributed by atoms with Crippen molar-refractivity contribution >= 4 is 15.9 Å². The van der Waals surface area contributed by atoms with Gasteiger partial charge in [0.15, 0.2) is 0 Å². The second-order valence-electron chi connectivity index (χ2n) is 4.77. The fourth-order valence-corrected chi connectivity index (χ4v) is 2.82. The Labute approximate surface area is 128 Å². The molecule has 2 aromatic carbocycles. The molecule has 0 aliphatic rings. The van der Waals surface area contributed by atoms with E-state index in [4.69, 9.17) is 0 Å². The number of halogens is 2. The highest BCUT2D eigenvalue weighted by Gasteiger charge is 2.12. The number of benzene rings is 2. The van der Waals surface area contributed by atoms with Gasteiger partial charge in [-0.1, -0.05) is 49.4 Å². The number of rotatable bonds is 6. The van der Waals surface area contributed by atoms with E-state index in [2.05, 4.69) is 52.4 Å². The summed E-state index contributed by atoms with van der Waals surface area (Å²) in [5.74, 6) is -0.192. The predicted octanol–water partition coefficient (Wildman–Crippen LogP) is 4.87. The predicted molar refractivity (Wildman–Crippen MR) is 85.3 cm³/mol. The van der Waals surface area contributed by atoms with E-state index in [1.54, 1.807) is 6.07 Å². The van der Waals surface area contributed by atoms with Gasteiger partial charge < -0.3 is 5.32 Å². The zero-order valence-electron chi connectivity index (χ0n) is 11.6. The molecule has 0 saturated heterocycles. The molecule has 0 bridgehead atoms. The van der Waals surface area contributed by atoms with Crippen LogP contribution in [0, 0.1) is 5.82 Å². The quantitative estimate of drug-likeness (QED) is 0.793. The molecule has 0 heterocycles. The van der Waals surface area contributed by atoms with Crippen LogP contribution in [0.25, 0.3) is 0 Å². The molecule has 1 nitrogen and oxygen atoms in total. The highest BCUT2D eigenvalue weighted by molar-refractivity contribution is 9.10. The van der Waals surface area contributed by atoms with Crippen LogP contribution >= 0.6 is 15.9 Å². The van der Waals surface area contributed by atoms with Crippen LogP contribution in [-0.4, -0.2) is 6.54 Å². The van der Waals surface area contributed by atoms with E-state index in [1.807, 2.05) is 12.1 Å². The van der Waals surface area contributed by atoms with Crippen molar-refractivity contribution in [1.29, 1.82) is 0 Å². The van der Waals surface area contributed by atoms with Gasteiger partial charge in [-0.3, -0.25) is 0 Å². The molecule has 1 N–H and O–H groups in total. The SMILES string of the molecule is CCNC(CCc1cccc(F)c1Br)c1ccccc1. The summed E-state index contributed by atoms with van der Waals surface area (Å²) in [6.07, 6.45) is 1.78. The number of hydrogen-bond acceptors (Lipinski definition) is 1. The summed E-state index contributed by atoms with van der Waals surface area (Å²) in [6, 6.07) is 15.9. The van der Waals surface area contributed by atoms with Gasteiger partial charge in [0.05, 0.1) is 4.47 Å². The first-order valence-electron chi connectivity index (χ1n) is 6.93. The molecule has 3 heteroatoms. The molecule has 1 atom stereocenters. The van der Waals surface area contributed by atoms with Crippen LogP contribution in [0.4, 0.5) is 4.39 Å². The third kappa shape index (κ3) is 3.90. The Bertz CT molecular complexity index is 542. The largest absolute Gasteiger partial charge is 0.310 e. The molecule has 2 aromatic rings. The maximum absolute atomic E-state index is 13.5. The Morgan fingerprint density at radius 1 is 1.10 bits per heavy atom. The Morgan fingerprint density at radius 2 is 1.85 bits per heavy atom. The fourth-order valence-electron chi connectivity index (χ4n) is 2.36. The molecule has 0 aliphatic carbocycles. The Balaban J connectivity index is 2.08. The Morgan fingerprint density at radius 3 is 2.55 bits per heavy atom. The van der Waals surface area contributed by atoms with Gasteiger partial charge in [-0.05, 0) is 52.5 Å². The maximum Gasteiger partial charge on any atom is 0.137 e. The van der Waals surface area contributed by atoms with Crippen LogP contribution < -0.4 is 5.32 Å². The monoisotopic (exact) mass is 335 g/mol. The standard InChI is InChI=1S/C17H19BrFN/c1-2-20-16(13-7-4-3-5-8-13)12-11-14-9-6-10-15(19)17(14)18/h3-10,16,20H,2,11-12H2,1H3. The highest BCUT2D eigenvalue weighted by atomic mass is 79.9. The molecule has 2 rings (SSSR count). The molecule has 1 unspecified atom stereocenters. The van der Waals surface area contributed by atoms with Crippen LogP contribution in [0.2, 0.25) is 0 Å². The fraction of sp³-hybridized carbons (Fsp3) is 0.294. The molecular weight excluding hydrogens is 317 g/mol. The molecule has 0 aliphatic heterocycles. The summed E-state index contributed by atoms with van der Waals surface area (Å²) in [5.41, 5.74) is 2.30. The topological polar surface area (TPSA) is 12.0 Å². The van der Waals surface area contributed by atoms with Gasteiger partial charge in [0.1, 0.15) is 5.82 Å². The molecule has 0 amide bonds. The second kappa shape index (κ2) is 7.55. The molecular formula is C17H19BrFN. The lowest BCUT2D eigenvalue weighted by Crippen LogP contribution is -2.21. The smallest absolute Gasteiger partial charge is 0.137 e. The van der Waals surface area contributed by atoms with E-state index >= 15 is 0 Å². The van der Waals surface area contributed by atoms with Crippen LogP contribution in [0.1, 0.15) is 30.5 Å². The molecule has 0 saturated carbocycles. The van der Waals surface area contributed by atoms with Crippen molar-refractivity contribution < 1.29 is 4.39 Å². The maximum atomic E-state index is 13.5. The summed E-state index contributed by atoms with van der Waals surface area (Å²) < 4.78 is 14.1. The van der Waals surface area contributed by atoms with E-state index in [-0.39, 0.29) is 5.82 Å². The van der Waals surface area contributed by atoms with Crippen LogP contribution in [0.5, 0.6) is 0 Å². The van der Waals surface area contributed by atoms with Gasteiger partial charge in [-0.15, -0.1) is 0 Å². The Kier molecular flexibility index (Phi) is 5.74. The van der Waals surface area contributed by atoms with E-state index in [1.165, 1.54) is 11.6 Å². The first-order valence-corrected chi connectivity index (χ1v) is 7.73. The first-order chi connectivity index (χ1) is 9.72. The lowest BCUT2D eigenvalue weighted by atomic mass is 9.99. The summed E-state index contributed by atoms with van der Waals surface area (Å²) >= 11 is 3.33. The van der Waals surface area contributed by atoms with Crippen molar-refractivity contribution in [1.82, 2.24) is 5.32 Å². The molecule has 106 valence electrons. The lowest BCUT2D eigenvalue weighted by Gasteiger charge is -2.18. The van der Waals surface area contributed by atoms with E-state index in [0.717, 1.165) is 24.9 Å². The Hall–Kier alpha value is -1.19.